The second-order valence-electron chi connectivity index (χ2n) is 0.268. The van der Waals surface area contributed by atoms with Gasteiger partial charge in [-0.05, 0) is 0 Å². The zero-order chi connectivity index (χ0) is 3.58. The molecule has 3 N–H and O–H groups in total. The molecule has 0 saturated heterocycles. The van der Waals surface area contributed by atoms with Gasteiger partial charge in [-0.1, -0.05) is 0 Å². The van der Waals surface area contributed by atoms with E-state index in [0.29, 0.717) is 0 Å². The molecule has 0 heterocycles. The summed E-state index contributed by atoms with van der Waals surface area (Å²) < 4.78 is 0. The van der Waals surface area contributed by atoms with Gasteiger partial charge in [0.15, 0.2) is 0 Å². The van der Waals surface area contributed by atoms with Gasteiger partial charge < -0.3 is 14.7 Å². The van der Waals surface area contributed by atoms with Crippen molar-refractivity contribution < 1.29 is 14.7 Å². The van der Waals surface area contributed by atoms with E-state index in [1.165, 1.54) is 0 Å². The average molecular weight is 294 g/mol. The van der Waals surface area contributed by atoms with Crippen LogP contribution in [0.3, 0.4) is 0 Å². The van der Waals surface area contributed by atoms with Crippen molar-refractivity contribution >= 4 is 34.8 Å². The monoisotopic (exact) mass is 294 g/mol. The summed E-state index contributed by atoms with van der Waals surface area (Å²) in [6.07, 6.45) is 0. The zero-order valence-corrected chi connectivity index (χ0v) is 8.89. The Balaban J connectivity index is 0. The number of rotatable bonds is 0. The van der Waals surface area contributed by atoms with Gasteiger partial charge in [-0.3, -0.25) is 0 Å². The summed E-state index contributed by atoms with van der Waals surface area (Å²) in [6, 6.07) is 0. The molecule has 0 amide bonds. The molecule has 34 valence electrons. The van der Waals surface area contributed by atoms with Crippen LogP contribution in [0.1, 0.15) is 0 Å². The van der Waals surface area contributed by atoms with E-state index in [1.54, 1.807) is 0 Å². The van der Waals surface area contributed by atoms with Crippen LogP contribution in [0.4, 0.5) is 0 Å². The van der Waals surface area contributed by atoms with Crippen LogP contribution in [0.5, 0.6) is 0 Å². The van der Waals surface area contributed by atoms with E-state index in [4.69, 9.17) is 14.7 Å². The molecular formula is H6BiO3P. The van der Waals surface area contributed by atoms with Crippen molar-refractivity contribution in [2.24, 2.45) is 0 Å². The minimum atomic E-state index is -2.62. The molecule has 0 radical (unpaired) electrons. The normalized spacial score (nSPS) is 7.20. The molecule has 0 aliphatic heterocycles. The van der Waals surface area contributed by atoms with Gasteiger partial charge in [-0.25, -0.2) is 0 Å². The molecular weight excluding hydrogens is 288 g/mol. The molecule has 3 nitrogen and oxygen atoms in total. The first kappa shape index (κ1) is 9.50. The average Bonchev–Trinajstić information content (AvgIpc) is 0.811. The predicted molar refractivity (Wildman–Crippen MR) is 23.5 cm³/mol. The summed E-state index contributed by atoms with van der Waals surface area (Å²) in [5.41, 5.74) is 0. The van der Waals surface area contributed by atoms with Gasteiger partial charge in [0.1, 0.15) is 0 Å². The third-order valence-corrected chi connectivity index (χ3v) is 0. The van der Waals surface area contributed by atoms with E-state index in [0.717, 1.165) is 0 Å². The standard InChI is InChI=1S/Bi.H3O3P.3H/c;1-4(2)3;;;/h;1-3H;;;. The van der Waals surface area contributed by atoms with E-state index >= 15 is 0 Å². The third kappa shape index (κ3) is 37.2. The maximum absolute atomic E-state index is 7.23. The molecule has 0 aromatic heterocycles. The maximum atomic E-state index is 7.23. The van der Waals surface area contributed by atoms with Crippen LogP contribution in [-0.2, 0) is 0 Å². The Bertz CT molecular complexity index is 11.6. The minimum absolute atomic E-state index is 0. The molecule has 0 aliphatic rings. The fourth-order valence-corrected chi connectivity index (χ4v) is 0. The Morgan fingerprint density at radius 1 is 1.00 bits per heavy atom. The SMILES string of the molecule is OP(O)O.[BiH3]. The van der Waals surface area contributed by atoms with Gasteiger partial charge in [0, 0.05) is 0 Å². The summed E-state index contributed by atoms with van der Waals surface area (Å²) in [6.45, 7) is 0. The van der Waals surface area contributed by atoms with Gasteiger partial charge in [-0.2, -0.15) is 0 Å². The Hall–Kier alpha value is 1.19. The quantitative estimate of drug-likeness (QED) is 0.358. The summed E-state index contributed by atoms with van der Waals surface area (Å²) >= 11 is 0. The molecule has 5 heteroatoms. The van der Waals surface area contributed by atoms with Crippen molar-refractivity contribution in [2.45, 2.75) is 0 Å². The van der Waals surface area contributed by atoms with Crippen LogP contribution >= 0.6 is 8.60 Å². The Morgan fingerprint density at radius 2 is 1.00 bits per heavy atom. The van der Waals surface area contributed by atoms with Crippen LogP contribution in [0, 0.1) is 0 Å². The topological polar surface area (TPSA) is 60.7 Å². The molecule has 0 atom stereocenters. The molecule has 0 aliphatic carbocycles. The molecule has 0 aromatic carbocycles. The first-order valence-electron chi connectivity index (χ1n) is 0.600. The summed E-state index contributed by atoms with van der Waals surface area (Å²) in [5, 5.41) is 0. The first-order valence-corrected chi connectivity index (χ1v) is 1.80. The first-order chi connectivity index (χ1) is 1.73. The molecule has 0 bridgehead atoms. The van der Waals surface area contributed by atoms with Crippen molar-refractivity contribution in [2.75, 3.05) is 0 Å². The molecule has 0 saturated carbocycles. The second kappa shape index (κ2) is 5.19. The van der Waals surface area contributed by atoms with Gasteiger partial charge in [-0.15, -0.1) is 0 Å². The third-order valence-electron chi connectivity index (χ3n) is 0. The van der Waals surface area contributed by atoms with Crippen molar-refractivity contribution in [3.63, 3.8) is 0 Å². The predicted octanol–water partition coefficient (Wildman–Crippen LogP) is -1.99. The van der Waals surface area contributed by atoms with Crippen molar-refractivity contribution in [3.8, 4) is 0 Å². The second-order valence-corrected chi connectivity index (χ2v) is 0.805. The van der Waals surface area contributed by atoms with Gasteiger partial charge in [0.05, 0.1) is 0 Å². The molecule has 0 spiro atoms. The van der Waals surface area contributed by atoms with Crippen molar-refractivity contribution in [1.29, 1.82) is 0 Å². The molecule has 0 aromatic rings. The Kier molecular flexibility index (Phi) is 9.87. The van der Waals surface area contributed by atoms with Crippen LogP contribution in [0.2, 0.25) is 0 Å². The zero-order valence-electron chi connectivity index (χ0n) is 2.50. The fourth-order valence-electron chi connectivity index (χ4n) is 0. The molecule has 0 fully saturated rings. The van der Waals surface area contributed by atoms with Crippen LogP contribution in [0.25, 0.3) is 0 Å². The molecule has 5 heavy (non-hydrogen) atoms. The Morgan fingerprint density at radius 3 is 1.00 bits per heavy atom. The van der Waals surface area contributed by atoms with Crippen LogP contribution in [-0.4, -0.2) is 40.9 Å². The molecule has 0 rings (SSSR count). The van der Waals surface area contributed by atoms with Crippen LogP contribution in [0.15, 0.2) is 0 Å². The van der Waals surface area contributed by atoms with E-state index in [9.17, 15) is 0 Å². The van der Waals surface area contributed by atoms with Crippen molar-refractivity contribution in [1.82, 2.24) is 0 Å². The van der Waals surface area contributed by atoms with Gasteiger partial charge in [0.25, 0.3) is 0 Å². The fraction of sp³-hybridized carbons (Fsp3) is 0. The van der Waals surface area contributed by atoms with E-state index in [-0.39, 0.29) is 26.2 Å². The van der Waals surface area contributed by atoms with Crippen molar-refractivity contribution in [3.05, 3.63) is 0 Å². The molecule has 0 unspecified atom stereocenters. The summed E-state index contributed by atoms with van der Waals surface area (Å²) in [7, 11) is -2.62. The van der Waals surface area contributed by atoms with E-state index < -0.39 is 8.60 Å². The number of hydrogen-bond acceptors (Lipinski definition) is 3. The number of hydrogen-bond donors (Lipinski definition) is 3. The summed E-state index contributed by atoms with van der Waals surface area (Å²) in [4.78, 5) is 21.7. The van der Waals surface area contributed by atoms with Gasteiger partial charge in [0.2, 0.25) is 0 Å². The van der Waals surface area contributed by atoms with Crippen LogP contribution < -0.4 is 0 Å². The van der Waals surface area contributed by atoms with Gasteiger partial charge >= 0.3 is 34.8 Å². The van der Waals surface area contributed by atoms with E-state index in [2.05, 4.69) is 0 Å². The summed E-state index contributed by atoms with van der Waals surface area (Å²) in [5.74, 6) is 0. The Labute approximate surface area is 49.8 Å². The van der Waals surface area contributed by atoms with E-state index in [1.807, 2.05) is 0 Å².